The third kappa shape index (κ3) is 4.76. The van der Waals surface area contributed by atoms with Gasteiger partial charge in [0.2, 0.25) is 0 Å². The minimum atomic E-state index is -0.825. The van der Waals surface area contributed by atoms with Crippen LogP contribution in [0.25, 0.3) is 11.1 Å². The Morgan fingerprint density at radius 2 is 1.50 bits per heavy atom. The lowest BCUT2D eigenvalue weighted by atomic mass is 9.99. The molecule has 0 heterocycles. The molecule has 0 saturated carbocycles. The van der Waals surface area contributed by atoms with E-state index in [1.165, 1.54) is 7.11 Å². The molecule has 0 aliphatic rings. The van der Waals surface area contributed by atoms with Crippen LogP contribution in [0.5, 0.6) is 11.5 Å². The van der Waals surface area contributed by atoms with Crippen LogP contribution in [0, 0.1) is 0 Å². The number of hydrogen-bond acceptors (Lipinski definition) is 8. The fraction of sp³-hybridized carbons (Fsp3) is 0.346. The van der Waals surface area contributed by atoms with Crippen molar-refractivity contribution in [3.8, 4) is 22.6 Å². The lowest BCUT2D eigenvalue weighted by molar-refractivity contribution is -0.141. The van der Waals surface area contributed by atoms with Crippen molar-refractivity contribution in [3.63, 3.8) is 0 Å². The molecule has 1 unspecified atom stereocenters. The Kier molecular flexibility index (Phi) is 7.94. The van der Waals surface area contributed by atoms with Crippen LogP contribution in [0.2, 0.25) is 0 Å². The quantitative estimate of drug-likeness (QED) is 0.341. The molecule has 0 saturated heterocycles. The molecular weight excluding hydrogens is 436 g/mol. The van der Waals surface area contributed by atoms with Crippen molar-refractivity contribution in [1.82, 2.24) is 0 Å². The highest BCUT2D eigenvalue weighted by molar-refractivity contribution is 5.84. The zero-order valence-electron chi connectivity index (χ0n) is 20.1. The molecule has 3 rings (SSSR count). The Hall–Kier alpha value is -3.81. The normalized spacial score (nSPS) is 11.7. The van der Waals surface area contributed by atoms with Crippen molar-refractivity contribution in [3.05, 3.63) is 68.5 Å². The number of carbonyl (C=O) groups is 1. The highest BCUT2D eigenvalue weighted by Crippen LogP contribution is 2.38. The molecule has 0 aromatic heterocycles. The molecule has 0 bridgehead atoms. The molecule has 0 aliphatic heterocycles. The monoisotopic (exact) mass is 466 g/mol. The molecule has 180 valence electrons. The fourth-order valence-electron chi connectivity index (χ4n) is 4.04. The van der Waals surface area contributed by atoms with E-state index in [1.54, 1.807) is 19.1 Å². The molecule has 8 nitrogen and oxygen atoms in total. The van der Waals surface area contributed by atoms with E-state index < -0.39 is 22.9 Å². The van der Waals surface area contributed by atoms with Crippen LogP contribution in [0.4, 0.5) is 11.4 Å². The molecule has 0 fully saturated rings. The van der Waals surface area contributed by atoms with E-state index in [9.17, 15) is 14.4 Å². The van der Waals surface area contributed by atoms with Gasteiger partial charge in [-0.05, 0) is 37.1 Å². The summed E-state index contributed by atoms with van der Waals surface area (Å²) in [5.41, 5.74) is 1.91. The smallest absolute Gasteiger partial charge is 0.328 e. The first-order valence-corrected chi connectivity index (χ1v) is 11.1. The zero-order valence-corrected chi connectivity index (χ0v) is 20.1. The summed E-state index contributed by atoms with van der Waals surface area (Å²) in [6.45, 7) is 4.96. The molecule has 3 aromatic carbocycles. The number of rotatable bonds is 11. The minimum absolute atomic E-state index is 0.166. The van der Waals surface area contributed by atoms with Crippen molar-refractivity contribution in [2.24, 2.45) is 0 Å². The van der Waals surface area contributed by atoms with Crippen LogP contribution in [-0.4, -0.2) is 46.4 Å². The lowest BCUT2D eigenvalue weighted by Gasteiger charge is -2.27. The number of ether oxygens (including phenoxy) is 3. The summed E-state index contributed by atoms with van der Waals surface area (Å²) in [4.78, 5) is 38.7. The Bertz CT molecular complexity index is 1190. The molecule has 3 aromatic rings. The number of anilines is 2. The summed E-state index contributed by atoms with van der Waals surface area (Å²) in [5.74, 6) is 0.851. The second-order valence-corrected chi connectivity index (χ2v) is 7.71. The van der Waals surface area contributed by atoms with E-state index >= 15 is 0 Å². The Morgan fingerprint density at radius 3 is 2.00 bits per heavy atom. The summed E-state index contributed by atoms with van der Waals surface area (Å²) < 4.78 is 15.9. The molecule has 0 spiro atoms. The van der Waals surface area contributed by atoms with Crippen LogP contribution in [0.15, 0.2) is 52.1 Å². The highest BCUT2D eigenvalue weighted by atomic mass is 16.5. The Balaban J connectivity index is 1.88. The summed E-state index contributed by atoms with van der Waals surface area (Å²) in [5, 5.41) is 2.97. The molecule has 0 radical (unpaired) electrons. The van der Waals surface area contributed by atoms with Gasteiger partial charge in [-0.25, -0.2) is 4.79 Å². The zero-order chi connectivity index (χ0) is 24.8. The van der Waals surface area contributed by atoms with Gasteiger partial charge in [-0.15, -0.1) is 0 Å². The first-order valence-electron chi connectivity index (χ1n) is 11.1. The van der Waals surface area contributed by atoms with E-state index in [2.05, 4.69) is 5.32 Å². The van der Waals surface area contributed by atoms with E-state index in [0.717, 1.165) is 16.7 Å². The summed E-state index contributed by atoms with van der Waals surface area (Å²) >= 11 is 0. The van der Waals surface area contributed by atoms with E-state index in [-0.39, 0.29) is 12.1 Å². The van der Waals surface area contributed by atoms with Crippen LogP contribution >= 0.6 is 0 Å². The minimum Gasteiger partial charge on any atom is -0.496 e. The number of hydrogen-bond donors (Lipinski definition) is 1. The van der Waals surface area contributed by atoms with Gasteiger partial charge in [0.25, 0.3) is 10.9 Å². The topological polar surface area (TPSA) is 94.2 Å². The van der Waals surface area contributed by atoms with E-state index in [0.29, 0.717) is 30.3 Å². The number of nitrogens with one attached hydrogen (secondary N) is 1. The maximum atomic E-state index is 12.5. The molecule has 1 N–H and O–H groups in total. The summed E-state index contributed by atoms with van der Waals surface area (Å²) in [6, 6.07) is 12.4. The van der Waals surface area contributed by atoms with Gasteiger partial charge in [0.1, 0.15) is 28.9 Å². The maximum absolute atomic E-state index is 12.5. The second kappa shape index (κ2) is 10.9. The number of esters is 1. The molecule has 34 heavy (non-hydrogen) atoms. The van der Waals surface area contributed by atoms with Crippen molar-refractivity contribution in [1.29, 1.82) is 0 Å². The third-order valence-electron chi connectivity index (χ3n) is 5.88. The molecular formula is C26H30N2O6. The van der Waals surface area contributed by atoms with Gasteiger partial charge < -0.3 is 24.4 Å². The third-order valence-corrected chi connectivity index (χ3v) is 5.88. The van der Waals surface area contributed by atoms with Gasteiger partial charge in [-0.1, -0.05) is 30.3 Å². The number of benzene rings is 2. The predicted molar refractivity (Wildman–Crippen MR) is 133 cm³/mol. The van der Waals surface area contributed by atoms with E-state index in [4.69, 9.17) is 14.2 Å². The van der Waals surface area contributed by atoms with Gasteiger partial charge in [0.05, 0.1) is 26.9 Å². The van der Waals surface area contributed by atoms with Crippen molar-refractivity contribution >= 4 is 17.3 Å². The summed E-state index contributed by atoms with van der Waals surface area (Å²) in [7, 11) is 4.50. The lowest BCUT2D eigenvalue weighted by Crippen LogP contribution is -2.46. The van der Waals surface area contributed by atoms with Crippen LogP contribution < -0.4 is 30.5 Å². The number of carbonyl (C=O) groups excluding carboxylic acids is 1. The first-order chi connectivity index (χ1) is 16.4. The highest BCUT2D eigenvalue weighted by Gasteiger charge is 2.29. The summed E-state index contributed by atoms with van der Waals surface area (Å²) in [6.07, 6.45) is 0.270. The average Bonchev–Trinajstić information content (AvgIpc) is 2.89. The van der Waals surface area contributed by atoms with Gasteiger partial charge in [0, 0.05) is 19.5 Å². The van der Waals surface area contributed by atoms with Crippen molar-refractivity contribution in [2.75, 3.05) is 44.6 Å². The van der Waals surface area contributed by atoms with Crippen LogP contribution in [-0.2, 0) is 16.0 Å². The van der Waals surface area contributed by atoms with Crippen molar-refractivity contribution in [2.45, 2.75) is 26.3 Å². The first kappa shape index (κ1) is 24.8. The number of nitrogens with zero attached hydrogens (tertiary/aromatic N) is 1. The Labute approximate surface area is 198 Å². The predicted octanol–water partition coefficient (Wildman–Crippen LogP) is 3.01. The maximum Gasteiger partial charge on any atom is 0.328 e. The van der Waals surface area contributed by atoms with Gasteiger partial charge in [-0.3, -0.25) is 9.59 Å². The van der Waals surface area contributed by atoms with Crippen molar-refractivity contribution < 1.29 is 19.0 Å². The fourth-order valence-corrected chi connectivity index (χ4v) is 4.04. The van der Waals surface area contributed by atoms with Gasteiger partial charge in [0.15, 0.2) is 0 Å². The largest absolute Gasteiger partial charge is 0.496 e. The number of methoxy groups -OCH3 is 3. The van der Waals surface area contributed by atoms with Gasteiger partial charge in [-0.2, -0.15) is 0 Å². The molecule has 8 heteroatoms. The standard InChI is InChI=1S/C26H30N2O6/c1-6-28(7-2)23-22(24(29)25(23)30)27-18(26(31)34-5)15-16-11-13-17(14-12-16)21-19(32-3)9-8-10-20(21)33-4/h8-14,18,27H,6-7,15H2,1-5H3. The SMILES string of the molecule is CCN(CC)c1c(NC(Cc2ccc(-c3c(OC)cccc3OC)cc2)C(=O)OC)c(=O)c1=O. The van der Waals surface area contributed by atoms with Crippen LogP contribution in [0.3, 0.4) is 0 Å². The second-order valence-electron chi connectivity index (χ2n) is 7.71. The molecule has 0 aliphatic carbocycles. The molecule has 1 atom stereocenters. The van der Waals surface area contributed by atoms with Crippen LogP contribution in [0.1, 0.15) is 19.4 Å². The molecule has 0 amide bonds. The van der Waals surface area contributed by atoms with Gasteiger partial charge >= 0.3 is 5.97 Å². The van der Waals surface area contributed by atoms with E-state index in [1.807, 2.05) is 56.3 Å². The average molecular weight is 467 g/mol. The Morgan fingerprint density at radius 1 is 0.912 bits per heavy atom.